The van der Waals surface area contributed by atoms with Crippen molar-refractivity contribution in [2.24, 2.45) is 5.73 Å². The first-order chi connectivity index (χ1) is 5.31. The molecule has 0 aromatic heterocycles. The molecule has 0 unspecified atom stereocenters. The molecule has 0 aliphatic heterocycles. The summed E-state index contributed by atoms with van der Waals surface area (Å²) >= 11 is 1.86. The van der Waals surface area contributed by atoms with Gasteiger partial charge in [-0.05, 0) is 19.4 Å². The van der Waals surface area contributed by atoms with Gasteiger partial charge < -0.3 is 5.73 Å². The van der Waals surface area contributed by atoms with E-state index in [9.17, 15) is 4.79 Å². The fourth-order valence-electron chi connectivity index (χ4n) is 0.831. The molecule has 0 radical (unpaired) electrons. The normalized spacial score (nSPS) is 9.64. The predicted octanol–water partition coefficient (Wildman–Crippen LogP) is 1.36. The zero-order valence-corrected chi connectivity index (χ0v) is 8.76. The summed E-state index contributed by atoms with van der Waals surface area (Å²) in [4.78, 5) is 10.7. The van der Waals surface area contributed by atoms with Crippen LogP contribution in [0.2, 0.25) is 0 Å². The molecule has 0 aliphatic rings. The smallest absolute Gasteiger partial charge is 0.228 e. The van der Waals surface area contributed by atoms with Gasteiger partial charge in [0.1, 0.15) is 0 Å². The van der Waals surface area contributed by atoms with Crippen molar-refractivity contribution < 1.29 is 4.79 Å². The molecular formula is C7H15IN2O. The van der Waals surface area contributed by atoms with Crippen LogP contribution in [0.5, 0.6) is 0 Å². The van der Waals surface area contributed by atoms with Crippen molar-refractivity contribution in [1.82, 2.24) is 3.53 Å². The third-order valence-electron chi connectivity index (χ3n) is 1.46. The summed E-state index contributed by atoms with van der Waals surface area (Å²) in [5, 5.41) is 0. The molecule has 1 amide bonds. The van der Waals surface area contributed by atoms with E-state index in [0.29, 0.717) is 6.42 Å². The number of nitrogens with one attached hydrogen (secondary N) is 1. The number of carbonyl (C=O) groups is 1. The average Bonchev–Trinajstić information content (AvgIpc) is 2.04. The van der Waals surface area contributed by atoms with E-state index in [1.165, 1.54) is 0 Å². The predicted molar refractivity (Wildman–Crippen MR) is 54.3 cm³/mol. The SMILES string of the molecule is NCCCCCCC(=O)NI. The minimum absolute atomic E-state index is 0.123. The Labute approximate surface area is 81.6 Å². The van der Waals surface area contributed by atoms with Crippen molar-refractivity contribution in [2.45, 2.75) is 32.1 Å². The van der Waals surface area contributed by atoms with Crippen LogP contribution in [0.1, 0.15) is 32.1 Å². The van der Waals surface area contributed by atoms with E-state index in [4.69, 9.17) is 5.73 Å². The molecule has 0 aliphatic carbocycles. The molecule has 3 nitrogen and oxygen atoms in total. The van der Waals surface area contributed by atoms with Gasteiger partial charge >= 0.3 is 0 Å². The molecule has 0 heterocycles. The third kappa shape index (κ3) is 8.06. The molecule has 66 valence electrons. The first-order valence-corrected chi connectivity index (χ1v) is 4.98. The summed E-state index contributed by atoms with van der Waals surface area (Å²) in [6, 6.07) is 0. The van der Waals surface area contributed by atoms with Crippen LogP contribution in [-0.4, -0.2) is 12.5 Å². The molecule has 0 rings (SSSR count). The topological polar surface area (TPSA) is 55.1 Å². The average molecular weight is 270 g/mol. The van der Waals surface area contributed by atoms with Gasteiger partial charge in [-0.1, -0.05) is 12.8 Å². The van der Waals surface area contributed by atoms with Crippen molar-refractivity contribution in [3.8, 4) is 0 Å². The minimum Gasteiger partial charge on any atom is -0.330 e. The Morgan fingerprint density at radius 1 is 1.27 bits per heavy atom. The first kappa shape index (κ1) is 11.2. The number of unbranched alkanes of at least 4 members (excludes halogenated alkanes) is 3. The van der Waals surface area contributed by atoms with Gasteiger partial charge in [0.15, 0.2) is 0 Å². The van der Waals surface area contributed by atoms with Gasteiger partial charge in [-0.15, -0.1) is 0 Å². The number of nitrogens with two attached hydrogens (primary N) is 1. The highest BCUT2D eigenvalue weighted by atomic mass is 127. The maximum Gasteiger partial charge on any atom is 0.228 e. The lowest BCUT2D eigenvalue weighted by molar-refractivity contribution is -0.118. The van der Waals surface area contributed by atoms with E-state index in [2.05, 4.69) is 3.53 Å². The highest BCUT2D eigenvalue weighted by Crippen LogP contribution is 2.01. The zero-order valence-electron chi connectivity index (χ0n) is 6.61. The summed E-state index contributed by atoms with van der Waals surface area (Å²) in [6.07, 6.45) is 4.96. The van der Waals surface area contributed by atoms with Crippen molar-refractivity contribution in [3.63, 3.8) is 0 Å². The maximum atomic E-state index is 10.7. The van der Waals surface area contributed by atoms with E-state index in [1.54, 1.807) is 0 Å². The Balaban J connectivity index is 2.95. The second kappa shape index (κ2) is 8.26. The van der Waals surface area contributed by atoms with E-state index in [0.717, 1.165) is 32.2 Å². The number of halogens is 1. The second-order valence-electron chi connectivity index (χ2n) is 2.47. The van der Waals surface area contributed by atoms with E-state index in [-0.39, 0.29) is 5.91 Å². The van der Waals surface area contributed by atoms with Crippen molar-refractivity contribution in [3.05, 3.63) is 0 Å². The minimum atomic E-state index is 0.123. The van der Waals surface area contributed by atoms with Gasteiger partial charge in [0.05, 0.1) is 22.9 Å². The number of hydrogen-bond acceptors (Lipinski definition) is 2. The molecule has 0 spiro atoms. The quantitative estimate of drug-likeness (QED) is 0.435. The second-order valence-corrected chi connectivity index (χ2v) is 3.01. The first-order valence-electron chi connectivity index (χ1n) is 3.90. The Bertz CT molecular complexity index is 109. The van der Waals surface area contributed by atoms with Crippen LogP contribution in [0, 0.1) is 0 Å². The Morgan fingerprint density at radius 3 is 2.45 bits per heavy atom. The Morgan fingerprint density at radius 2 is 1.91 bits per heavy atom. The molecule has 0 saturated carbocycles. The standard InChI is InChI=1S/C7H15IN2O/c8-10-7(11)5-3-1-2-4-6-9/h1-6,9H2,(H,10,11). The maximum absolute atomic E-state index is 10.7. The van der Waals surface area contributed by atoms with Gasteiger partial charge in [0, 0.05) is 6.42 Å². The van der Waals surface area contributed by atoms with Gasteiger partial charge in [-0.3, -0.25) is 8.32 Å². The fourth-order valence-corrected chi connectivity index (χ4v) is 1.10. The largest absolute Gasteiger partial charge is 0.330 e. The number of rotatable bonds is 6. The monoisotopic (exact) mass is 270 g/mol. The summed E-state index contributed by atoms with van der Waals surface area (Å²) in [7, 11) is 0. The highest BCUT2D eigenvalue weighted by molar-refractivity contribution is 14.1. The Hall–Kier alpha value is 0.160. The molecule has 0 aromatic rings. The van der Waals surface area contributed by atoms with E-state index >= 15 is 0 Å². The van der Waals surface area contributed by atoms with E-state index < -0.39 is 0 Å². The van der Waals surface area contributed by atoms with Crippen molar-refractivity contribution >= 4 is 28.8 Å². The van der Waals surface area contributed by atoms with Gasteiger partial charge in [0.25, 0.3) is 0 Å². The Kier molecular flexibility index (Phi) is 8.38. The summed E-state index contributed by atoms with van der Waals surface area (Å²) in [5.74, 6) is 0.123. The van der Waals surface area contributed by atoms with E-state index in [1.807, 2.05) is 22.9 Å². The number of carbonyl (C=O) groups excluding carboxylic acids is 1. The zero-order chi connectivity index (χ0) is 8.53. The molecular weight excluding hydrogens is 255 g/mol. The summed E-state index contributed by atoms with van der Waals surface area (Å²) < 4.78 is 2.56. The third-order valence-corrected chi connectivity index (χ3v) is 2.06. The van der Waals surface area contributed by atoms with Gasteiger partial charge in [-0.25, -0.2) is 0 Å². The molecule has 11 heavy (non-hydrogen) atoms. The van der Waals surface area contributed by atoms with Crippen LogP contribution in [0.3, 0.4) is 0 Å². The van der Waals surface area contributed by atoms with Gasteiger partial charge in [0.2, 0.25) is 5.91 Å². The molecule has 4 heteroatoms. The lowest BCUT2D eigenvalue weighted by atomic mass is 10.1. The van der Waals surface area contributed by atoms with Crippen LogP contribution in [0.15, 0.2) is 0 Å². The molecule has 0 bridgehead atoms. The lowest BCUT2D eigenvalue weighted by Gasteiger charge is -1.98. The molecule has 0 saturated heterocycles. The number of hydrogen-bond donors (Lipinski definition) is 2. The summed E-state index contributed by atoms with van der Waals surface area (Å²) in [5.41, 5.74) is 5.32. The van der Waals surface area contributed by atoms with Crippen molar-refractivity contribution in [1.29, 1.82) is 0 Å². The van der Waals surface area contributed by atoms with Crippen LogP contribution >= 0.6 is 22.9 Å². The molecule has 0 fully saturated rings. The molecule has 0 aromatic carbocycles. The summed E-state index contributed by atoms with van der Waals surface area (Å²) in [6.45, 7) is 0.762. The van der Waals surface area contributed by atoms with Crippen LogP contribution in [0.25, 0.3) is 0 Å². The fraction of sp³-hybridized carbons (Fsp3) is 0.857. The van der Waals surface area contributed by atoms with Crippen LogP contribution < -0.4 is 9.26 Å². The number of amides is 1. The van der Waals surface area contributed by atoms with Crippen LogP contribution in [-0.2, 0) is 4.79 Å². The highest BCUT2D eigenvalue weighted by Gasteiger charge is 1.96. The lowest BCUT2D eigenvalue weighted by Crippen LogP contribution is -2.10. The van der Waals surface area contributed by atoms with Crippen LogP contribution in [0.4, 0.5) is 0 Å². The molecule has 0 atom stereocenters. The molecule has 3 N–H and O–H groups in total. The van der Waals surface area contributed by atoms with Gasteiger partial charge in [-0.2, -0.15) is 0 Å². The van der Waals surface area contributed by atoms with Crippen molar-refractivity contribution in [2.75, 3.05) is 6.54 Å².